The molecule has 0 fully saturated rings. The van der Waals surface area contributed by atoms with E-state index in [0.29, 0.717) is 25.3 Å². The van der Waals surface area contributed by atoms with Crippen molar-refractivity contribution >= 4 is 16.3 Å². The molecule has 0 aliphatic carbocycles. The highest BCUT2D eigenvalue weighted by Gasteiger charge is 2.05. The summed E-state index contributed by atoms with van der Waals surface area (Å²) in [6, 6.07) is 4.67. The fraction of sp³-hybridized carbons (Fsp3) is 0.214. The first-order valence-corrected chi connectivity index (χ1v) is 7.16. The number of ether oxygens (including phenoxy) is 1. The number of nitrogens with zero attached hydrogens (tertiary/aromatic N) is 2. The number of benzene rings is 1. The maximum Gasteiger partial charge on any atom is 0.193 e. The molecule has 6 heteroatoms. The van der Waals surface area contributed by atoms with Crippen LogP contribution in [0.15, 0.2) is 36.0 Å². The van der Waals surface area contributed by atoms with Crippen molar-refractivity contribution in [3.63, 3.8) is 0 Å². The van der Waals surface area contributed by atoms with Crippen molar-refractivity contribution in [2.24, 2.45) is 5.73 Å². The number of halogens is 1. The van der Waals surface area contributed by atoms with Gasteiger partial charge in [0.1, 0.15) is 18.2 Å². The molecular formula is C14H14FN3OS. The van der Waals surface area contributed by atoms with Crippen molar-refractivity contribution in [1.29, 1.82) is 0 Å². The molecule has 0 radical (unpaired) electrons. The zero-order valence-electron chi connectivity index (χ0n) is 10.8. The highest BCUT2D eigenvalue weighted by atomic mass is 32.1. The second-order valence-corrected chi connectivity index (χ2v) is 5.32. The van der Waals surface area contributed by atoms with Crippen LogP contribution in [-0.2, 0) is 13.0 Å². The fourth-order valence-corrected chi connectivity index (χ4v) is 2.74. The summed E-state index contributed by atoms with van der Waals surface area (Å²) in [7, 11) is 0. The zero-order valence-corrected chi connectivity index (χ0v) is 11.6. The molecular weight excluding hydrogens is 277 g/mol. The van der Waals surface area contributed by atoms with Crippen LogP contribution in [0.2, 0.25) is 0 Å². The molecule has 4 nitrogen and oxygen atoms in total. The van der Waals surface area contributed by atoms with E-state index in [9.17, 15) is 4.39 Å². The minimum atomic E-state index is -0.309. The summed E-state index contributed by atoms with van der Waals surface area (Å²) >= 11 is 1.56. The summed E-state index contributed by atoms with van der Waals surface area (Å²) in [6.07, 6.45) is 4.48. The second-order valence-electron chi connectivity index (χ2n) is 4.45. The van der Waals surface area contributed by atoms with Gasteiger partial charge in [0, 0.05) is 23.8 Å². The number of hydrogen-bond acceptors (Lipinski definition) is 4. The first kappa shape index (κ1) is 13.1. The molecule has 3 rings (SSSR count). The fourth-order valence-electron chi connectivity index (χ4n) is 2.02. The van der Waals surface area contributed by atoms with Gasteiger partial charge in [-0.2, -0.15) is 0 Å². The highest BCUT2D eigenvalue weighted by molar-refractivity contribution is 7.15. The summed E-state index contributed by atoms with van der Waals surface area (Å²) in [6.45, 7) is 0.806. The average molecular weight is 291 g/mol. The molecule has 0 unspecified atom stereocenters. The molecule has 1 aromatic carbocycles. The van der Waals surface area contributed by atoms with Gasteiger partial charge in [-0.3, -0.25) is 4.40 Å². The van der Waals surface area contributed by atoms with E-state index in [2.05, 4.69) is 4.98 Å². The SMILES string of the molecule is NCCc1cc(F)cc(OCc2cn3ccsc3n2)c1. The van der Waals surface area contributed by atoms with Gasteiger partial charge in [0.15, 0.2) is 4.96 Å². The molecule has 2 aromatic heterocycles. The van der Waals surface area contributed by atoms with Gasteiger partial charge in [0.05, 0.1) is 5.69 Å². The van der Waals surface area contributed by atoms with Gasteiger partial charge in [-0.25, -0.2) is 9.37 Å². The Balaban J connectivity index is 1.72. The lowest BCUT2D eigenvalue weighted by molar-refractivity contribution is 0.300. The van der Waals surface area contributed by atoms with E-state index >= 15 is 0 Å². The minimum Gasteiger partial charge on any atom is -0.487 e. The van der Waals surface area contributed by atoms with Crippen LogP contribution >= 0.6 is 11.3 Å². The molecule has 0 bridgehead atoms. The van der Waals surface area contributed by atoms with E-state index in [0.717, 1.165) is 16.2 Å². The predicted molar refractivity (Wildman–Crippen MR) is 76.6 cm³/mol. The number of imidazole rings is 1. The van der Waals surface area contributed by atoms with E-state index in [-0.39, 0.29) is 5.82 Å². The molecule has 2 heterocycles. The third kappa shape index (κ3) is 2.81. The first-order chi connectivity index (χ1) is 9.74. The van der Waals surface area contributed by atoms with E-state index in [1.807, 2.05) is 28.2 Å². The Labute approximate surface area is 119 Å². The molecule has 0 saturated carbocycles. The Morgan fingerprint density at radius 3 is 3.05 bits per heavy atom. The molecule has 0 amide bonds. The Kier molecular flexibility index (Phi) is 3.66. The van der Waals surface area contributed by atoms with Crippen molar-refractivity contribution in [3.8, 4) is 5.75 Å². The molecule has 0 aliphatic rings. The number of nitrogens with two attached hydrogens (primary N) is 1. The predicted octanol–water partition coefficient (Wildman–Crippen LogP) is 2.62. The lowest BCUT2D eigenvalue weighted by Crippen LogP contribution is -2.04. The standard InChI is InChI=1S/C14H14FN3OS/c15-11-5-10(1-2-16)6-13(7-11)19-9-12-8-18-3-4-20-14(18)17-12/h3-8H,1-2,9,16H2. The Bertz CT molecular complexity index is 694. The normalized spacial score (nSPS) is 11.1. The van der Waals surface area contributed by atoms with Gasteiger partial charge in [-0.1, -0.05) is 0 Å². The largest absolute Gasteiger partial charge is 0.487 e. The zero-order chi connectivity index (χ0) is 13.9. The topological polar surface area (TPSA) is 52.5 Å². The number of aromatic nitrogens is 2. The maximum atomic E-state index is 13.5. The van der Waals surface area contributed by atoms with Crippen molar-refractivity contribution in [1.82, 2.24) is 9.38 Å². The number of fused-ring (bicyclic) bond motifs is 1. The first-order valence-electron chi connectivity index (χ1n) is 6.28. The van der Waals surface area contributed by atoms with E-state index in [4.69, 9.17) is 10.5 Å². The van der Waals surface area contributed by atoms with Crippen LogP contribution < -0.4 is 10.5 Å². The van der Waals surface area contributed by atoms with Crippen LogP contribution in [0.25, 0.3) is 4.96 Å². The third-order valence-electron chi connectivity index (χ3n) is 2.89. The van der Waals surface area contributed by atoms with Gasteiger partial charge in [0.25, 0.3) is 0 Å². The van der Waals surface area contributed by atoms with Gasteiger partial charge >= 0.3 is 0 Å². The van der Waals surface area contributed by atoms with Crippen molar-refractivity contribution < 1.29 is 9.13 Å². The Hall–Kier alpha value is -1.92. The summed E-state index contributed by atoms with van der Waals surface area (Å²) in [5.41, 5.74) is 7.14. The maximum absolute atomic E-state index is 13.5. The van der Waals surface area contributed by atoms with Crippen LogP contribution in [0.4, 0.5) is 4.39 Å². The molecule has 0 saturated heterocycles. The molecule has 104 valence electrons. The van der Waals surface area contributed by atoms with Gasteiger partial charge in [0.2, 0.25) is 0 Å². The van der Waals surface area contributed by atoms with Crippen LogP contribution in [0.3, 0.4) is 0 Å². The number of thiazole rings is 1. The highest BCUT2D eigenvalue weighted by Crippen LogP contribution is 2.19. The lowest BCUT2D eigenvalue weighted by Gasteiger charge is -2.07. The van der Waals surface area contributed by atoms with Crippen molar-refractivity contribution in [3.05, 3.63) is 53.0 Å². The lowest BCUT2D eigenvalue weighted by atomic mass is 10.1. The summed E-state index contributed by atoms with van der Waals surface area (Å²) in [4.78, 5) is 5.33. The summed E-state index contributed by atoms with van der Waals surface area (Å²) in [5, 5.41) is 1.97. The van der Waals surface area contributed by atoms with Crippen LogP contribution in [0, 0.1) is 5.82 Å². The van der Waals surface area contributed by atoms with Crippen LogP contribution in [0.1, 0.15) is 11.3 Å². The quantitative estimate of drug-likeness (QED) is 0.786. The Morgan fingerprint density at radius 2 is 2.25 bits per heavy atom. The van der Waals surface area contributed by atoms with Gasteiger partial charge < -0.3 is 10.5 Å². The smallest absolute Gasteiger partial charge is 0.193 e. The number of hydrogen-bond donors (Lipinski definition) is 1. The second kappa shape index (κ2) is 5.60. The Morgan fingerprint density at radius 1 is 1.35 bits per heavy atom. The monoisotopic (exact) mass is 291 g/mol. The van der Waals surface area contributed by atoms with E-state index in [1.54, 1.807) is 11.3 Å². The van der Waals surface area contributed by atoms with Crippen LogP contribution in [-0.4, -0.2) is 15.9 Å². The van der Waals surface area contributed by atoms with Gasteiger partial charge in [-0.05, 0) is 30.7 Å². The number of rotatable bonds is 5. The average Bonchev–Trinajstić information content (AvgIpc) is 2.96. The molecule has 0 atom stereocenters. The molecule has 0 aliphatic heterocycles. The van der Waals surface area contributed by atoms with Crippen LogP contribution in [0.5, 0.6) is 5.75 Å². The summed E-state index contributed by atoms with van der Waals surface area (Å²) < 4.78 is 21.0. The van der Waals surface area contributed by atoms with E-state index < -0.39 is 0 Å². The van der Waals surface area contributed by atoms with Gasteiger partial charge in [-0.15, -0.1) is 11.3 Å². The molecule has 0 spiro atoms. The minimum absolute atomic E-state index is 0.309. The molecule has 2 N–H and O–H groups in total. The summed E-state index contributed by atoms with van der Waals surface area (Å²) in [5.74, 6) is 0.196. The molecule has 3 aromatic rings. The van der Waals surface area contributed by atoms with E-state index in [1.165, 1.54) is 12.1 Å². The third-order valence-corrected chi connectivity index (χ3v) is 3.66. The van der Waals surface area contributed by atoms with Crippen molar-refractivity contribution in [2.45, 2.75) is 13.0 Å². The molecule has 20 heavy (non-hydrogen) atoms. The van der Waals surface area contributed by atoms with Crippen molar-refractivity contribution in [2.75, 3.05) is 6.54 Å².